The van der Waals surface area contributed by atoms with Crippen LogP contribution < -0.4 is 15.5 Å². The molecule has 0 atom stereocenters. The lowest BCUT2D eigenvalue weighted by atomic mass is 9.94. The molecule has 4 aromatic rings. The number of anilines is 4. The van der Waals surface area contributed by atoms with Gasteiger partial charge in [-0.15, -0.1) is 0 Å². The highest BCUT2D eigenvalue weighted by molar-refractivity contribution is 6.36. The van der Waals surface area contributed by atoms with E-state index in [0.717, 1.165) is 34.5 Å². The van der Waals surface area contributed by atoms with E-state index in [1.54, 1.807) is 30.5 Å². The Bertz CT molecular complexity index is 1750. The Labute approximate surface area is 231 Å². The fraction of sp³-hybridized carbons (Fsp3) is 0.138. The van der Waals surface area contributed by atoms with Crippen molar-refractivity contribution in [3.8, 4) is 0 Å². The fourth-order valence-electron chi connectivity index (χ4n) is 4.67. The van der Waals surface area contributed by atoms with E-state index in [9.17, 15) is 22.4 Å². The van der Waals surface area contributed by atoms with Crippen molar-refractivity contribution >= 4 is 46.5 Å². The second-order valence-electron chi connectivity index (χ2n) is 9.43. The lowest BCUT2D eigenvalue weighted by Gasteiger charge is -2.28. The van der Waals surface area contributed by atoms with Crippen molar-refractivity contribution < 1.29 is 22.4 Å². The van der Waals surface area contributed by atoms with Crippen LogP contribution in [0, 0.1) is 12.7 Å². The van der Waals surface area contributed by atoms with E-state index in [4.69, 9.17) is 4.99 Å². The molecule has 12 heteroatoms. The quantitative estimate of drug-likeness (QED) is 0.287. The van der Waals surface area contributed by atoms with Gasteiger partial charge >= 0.3 is 6.18 Å². The van der Waals surface area contributed by atoms with E-state index in [2.05, 4.69) is 25.6 Å². The lowest BCUT2D eigenvalue weighted by Crippen LogP contribution is -2.32. The maximum Gasteiger partial charge on any atom is 0.416 e. The maximum atomic E-state index is 13.6. The van der Waals surface area contributed by atoms with Crippen molar-refractivity contribution in [2.45, 2.75) is 13.1 Å². The molecule has 0 saturated carbocycles. The summed E-state index contributed by atoms with van der Waals surface area (Å²) in [5.74, 6) is 0.506. The van der Waals surface area contributed by atoms with Crippen LogP contribution in [-0.2, 0) is 6.18 Å². The number of fused-ring (bicyclic) bond motifs is 3. The van der Waals surface area contributed by atoms with Gasteiger partial charge in [0.1, 0.15) is 23.2 Å². The molecule has 0 radical (unpaired) electrons. The Morgan fingerprint density at radius 3 is 2.68 bits per heavy atom. The SMILES string of the molecule is Cc1ccc(NC(=O)c2cc(C(F)(F)F)ccn2)cc1C1=Cc2cnc(Nc3cccc(F)c3)nc2N2CCN=C12. The minimum atomic E-state index is -4.59. The molecule has 2 N–H and O–H groups in total. The van der Waals surface area contributed by atoms with E-state index >= 15 is 0 Å². The largest absolute Gasteiger partial charge is 0.416 e. The second-order valence-corrected chi connectivity index (χ2v) is 9.43. The molecular weight excluding hydrogens is 538 g/mol. The van der Waals surface area contributed by atoms with Gasteiger partial charge in [-0.2, -0.15) is 18.2 Å². The Kier molecular flexibility index (Phi) is 6.45. The van der Waals surface area contributed by atoms with E-state index in [1.807, 2.05) is 24.0 Å². The van der Waals surface area contributed by atoms with Crippen LogP contribution in [0.25, 0.3) is 11.6 Å². The van der Waals surface area contributed by atoms with Crippen molar-refractivity contribution in [1.29, 1.82) is 0 Å². The average Bonchev–Trinajstić information content (AvgIpc) is 3.44. The first-order valence-electron chi connectivity index (χ1n) is 12.5. The number of carbonyl (C=O) groups is 1. The minimum Gasteiger partial charge on any atom is -0.324 e. The Morgan fingerprint density at radius 2 is 1.88 bits per heavy atom. The van der Waals surface area contributed by atoms with Crippen LogP contribution in [0.2, 0.25) is 0 Å². The molecule has 206 valence electrons. The number of carbonyl (C=O) groups excluding carboxylic acids is 1. The number of amidine groups is 1. The summed E-state index contributed by atoms with van der Waals surface area (Å²) in [6, 6.07) is 12.8. The molecule has 0 aliphatic carbocycles. The normalized spacial score (nSPS) is 14.1. The van der Waals surface area contributed by atoms with Crippen LogP contribution in [-0.4, -0.2) is 39.8 Å². The molecule has 2 aromatic heterocycles. The van der Waals surface area contributed by atoms with Crippen LogP contribution in [0.15, 0.2) is 72.0 Å². The van der Waals surface area contributed by atoms with Crippen molar-refractivity contribution in [2.24, 2.45) is 4.99 Å². The second kappa shape index (κ2) is 10.1. The van der Waals surface area contributed by atoms with Gasteiger partial charge in [-0.05, 0) is 66.6 Å². The topological polar surface area (TPSA) is 95.4 Å². The standard InChI is InChI=1S/C29H21F4N7O/c1-16-5-6-21(37-27(41)24-12-18(7-8-34-24)29(31,32)33)14-22(16)23-11-17-15-36-28(38-20-4-2-3-19(30)13-20)39-25(17)40-10-9-35-26(23)40/h2-8,11-15H,9-10H2,1H3,(H,37,41)(H,36,38,39). The molecule has 2 aliphatic rings. The van der Waals surface area contributed by atoms with Crippen LogP contribution in [0.4, 0.5) is 40.7 Å². The Balaban J connectivity index is 1.31. The van der Waals surface area contributed by atoms with Crippen molar-refractivity contribution in [1.82, 2.24) is 15.0 Å². The van der Waals surface area contributed by atoms with Crippen LogP contribution in [0.3, 0.4) is 0 Å². The molecule has 2 aliphatic heterocycles. The van der Waals surface area contributed by atoms with Gasteiger partial charge in [-0.1, -0.05) is 12.1 Å². The molecule has 0 bridgehead atoms. The van der Waals surface area contributed by atoms with Crippen molar-refractivity contribution in [3.63, 3.8) is 0 Å². The Hall–Kier alpha value is -5.13. The van der Waals surface area contributed by atoms with Gasteiger partial charge in [-0.3, -0.25) is 14.8 Å². The first-order chi connectivity index (χ1) is 19.7. The minimum absolute atomic E-state index is 0.307. The summed E-state index contributed by atoms with van der Waals surface area (Å²) in [5.41, 5.74) is 2.80. The van der Waals surface area contributed by atoms with E-state index in [0.29, 0.717) is 48.1 Å². The molecule has 0 unspecified atom stereocenters. The number of hydrogen-bond donors (Lipinski definition) is 2. The van der Waals surface area contributed by atoms with Crippen molar-refractivity contribution in [3.05, 3.63) is 101 Å². The predicted octanol–water partition coefficient (Wildman–Crippen LogP) is 6.11. The van der Waals surface area contributed by atoms with E-state index in [1.165, 1.54) is 12.1 Å². The summed E-state index contributed by atoms with van der Waals surface area (Å²) >= 11 is 0. The number of amides is 1. The van der Waals surface area contributed by atoms with Gasteiger partial charge in [0.25, 0.3) is 5.91 Å². The molecule has 0 spiro atoms. The third-order valence-corrected chi connectivity index (χ3v) is 6.62. The Morgan fingerprint density at radius 1 is 1.02 bits per heavy atom. The highest BCUT2D eigenvalue weighted by atomic mass is 19.4. The van der Waals surface area contributed by atoms with Crippen LogP contribution >= 0.6 is 0 Å². The highest BCUT2D eigenvalue weighted by Gasteiger charge is 2.32. The summed E-state index contributed by atoms with van der Waals surface area (Å²) in [6.45, 7) is 3.04. The number of aromatic nitrogens is 3. The zero-order chi connectivity index (χ0) is 28.7. The number of halogens is 4. The summed E-state index contributed by atoms with van der Waals surface area (Å²) < 4.78 is 52.9. The average molecular weight is 560 g/mol. The molecular formula is C29H21F4N7O. The molecule has 0 saturated heterocycles. The number of nitrogens with zero attached hydrogens (tertiary/aromatic N) is 5. The third kappa shape index (κ3) is 5.23. The monoisotopic (exact) mass is 559 g/mol. The molecule has 41 heavy (non-hydrogen) atoms. The number of alkyl halides is 3. The van der Waals surface area contributed by atoms with Crippen molar-refractivity contribution in [2.75, 3.05) is 28.6 Å². The number of rotatable bonds is 5. The van der Waals surface area contributed by atoms with Gasteiger partial charge in [0, 0.05) is 41.4 Å². The zero-order valence-electron chi connectivity index (χ0n) is 21.5. The lowest BCUT2D eigenvalue weighted by molar-refractivity contribution is -0.137. The number of pyridine rings is 1. The smallest absolute Gasteiger partial charge is 0.324 e. The van der Waals surface area contributed by atoms with E-state index in [-0.39, 0.29) is 11.5 Å². The fourth-order valence-corrected chi connectivity index (χ4v) is 4.67. The van der Waals surface area contributed by atoms with Gasteiger partial charge in [0.05, 0.1) is 12.1 Å². The van der Waals surface area contributed by atoms with Gasteiger partial charge in [-0.25, -0.2) is 9.37 Å². The summed E-state index contributed by atoms with van der Waals surface area (Å²) in [5, 5.41) is 5.67. The predicted molar refractivity (Wildman–Crippen MR) is 148 cm³/mol. The molecule has 4 heterocycles. The van der Waals surface area contributed by atoms with Gasteiger partial charge in [0.2, 0.25) is 5.95 Å². The van der Waals surface area contributed by atoms with Crippen LogP contribution in [0.1, 0.15) is 32.7 Å². The number of nitrogens with one attached hydrogen (secondary N) is 2. The maximum absolute atomic E-state index is 13.6. The molecule has 2 aromatic carbocycles. The number of benzene rings is 2. The molecule has 6 rings (SSSR count). The molecule has 8 nitrogen and oxygen atoms in total. The van der Waals surface area contributed by atoms with Gasteiger partial charge in [0.15, 0.2) is 0 Å². The number of hydrogen-bond acceptors (Lipinski definition) is 7. The summed E-state index contributed by atoms with van der Waals surface area (Å²) in [7, 11) is 0. The first kappa shape index (κ1) is 26.1. The number of aryl methyl sites for hydroxylation is 1. The van der Waals surface area contributed by atoms with Crippen LogP contribution in [0.5, 0.6) is 0 Å². The van der Waals surface area contributed by atoms with Gasteiger partial charge < -0.3 is 15.5 Å². The summed E-state index contributed by atoms with van der Waals surface area (Å²) in [4.78, 5) is 32.3. The first-order valence-corrected chi connectivity index (χ1v) is 12.5. The number of aliphatic imine (C=N–C) groups is 1. The third-order valence-electron chi connectivity index (χ3n) is 6.62. The zero-order valence-corrected chi connectivity index (χ0v) is 21.5. The van der Waals surface area contributed by atoms with E-state index < -0.39 is 17.6 Å². The molecule has 1 amide bonds. The molecule has 0 fully saturated rings. The summed E-state index contributed by atoms with van der Waals surface area (Å²) in [6.07, 6.45) is -0.0627. The highest BCUT2D eigenvalue weighted by Crippen LogP contribution is 2.37.